The lowest BCUT2D eigenvalue weighted by molar-refractivity contribution is 0.210. The number of aromatic nitrogens is 2. The molecule has 90 valence electrons. The number of nitrogens with one attached hydrogen (secondary N) is 2. The first-order valence-electron chi connectivity index (χ1n) is 5.28. The normalized spacial score (nSPS) is 11.5. The summed E-state index contributed by atoms with van der Waals surface area (Å²) in [5.41, 5.74) is 0.502. The van der Waals surface area contributed by atoms with Crippen molar-refractivity contribution in [2.45, 2.75) is 26.2 Å². The fourth-order valence-electron chi connectivity index (χ4n) is 1.20. The molecule has 0 amide bonds. The topological polar surface area (TPSA) is 67.0 Å². The van der Waals surface area contributed by atoms with Crippen LogP contribution in [0.25, 0.3) is 0 Å². The molecule has 5 nitrogen and oxygen atoms in total. The Labute approximate surface area is 95.3 Å². The van der Waals surface area contributed by atoms with Gasteiger partial charge >= 0.3 is 0 Å². The number of hydrogen-bond donors (Lipinski definition) is 2. The van der Waals surface area contributed by atoms with Gasteiger partial charge in [-0.25, -0.2) is 4.98 Å². The number of hydrogen-bond acceptors (Lipinski definition) is 4. The second kappa shape index (κ2) is 5.12. The van der Waals surface area contributed by atoms with E-state index in [-0.39, 0.29) is 11.0 Å². The molecule has 0 radical (unpaired) electrons. The maximum absolute atomic E-state index is 11.4. The first-order valence-corrected chi connectivity index (χ1v) is 5.28. The summed E-state index contributed by atoms with van der Waals surface area (Å²) in [6.07, 6.45) is 0. The van der Waals surface area contributed by atoms with Crippen LogP contribution >= 0.6 is 0 Å². The average molecular weight is 225 g/mol. The highest BCUT2D eigenvalue weighted by Crippen LogP contribution is 2.18. The zero-order valence-electron chi connectivity index (χ0n) is 10.3. The van der Waals surface area contributed by atoms with Crippen LogP contribution in [0.1, 0.15) is 26.5 Å². The Morgan fingerprint density at radius 2 is 2.19 bits per heavy atom. The maximum atomic E-state index is 11.4. The molecule has 1 aromatic heterocycles. The second-order valence-corrected chi connectivity index (χ2v) is 4.65. The van der Waals surface area contributed by atoms with Gasteiger partial charge in [-0.2, -0.15) is 0 Å². The largest absolute Gasteiger partial charge is 0.383 e. The molecule has 0 saturated carbocycles. The highest BCUT2D eigenvalue weighted by Gasteiger charge is 2.16. The molecular weight excluding hydrogens is 206 g/mol. The van der Waals surface area contributed by atoms with E-state index in [1.54, 1.807) is 7.11 Å². The van der Waals surface area contributed by atoms with Gasteiger partial charge in [-0.1, -0.05) is 20.8 Å². The SMILES string of the molecule is COCCNc1nc(C(C)(C)C)cc(=O)[nH]1. The standard InChI is InChI=1S/C11H19N3O2/c1-11(2,3)8-7-9(15)14-10(13-8)12-5-6-16-4/h7H,5-6H2,1-4H3,(H2,12,13,14,15). The molecule has 2 N–H and O–H groups in total. The molecule has 0 fully saturated rings. The van der Waals surface area contributed by atoms with E-state index in [1.807, 2.05) is 20.8 Å². The molecule has 0 aliphatic heterocycles. The summed E-state index contributed by atoms with van der Waals surface area (Å²) in [7, 11) is 1.63. The molecule has 0 spiro atoms. The summed E-state index contributed by atoms with van der Waals surface area (Å²) in [6.45, 7) is 7.26. The van der Waals surface area contributed by atoms with Crippen LogP contribution in [-0.2, 0) is 10.2 Å². The van der Waals surface area contributed by atoms with Crippen LogP contribution in [0.4, 0.5) is 5.95 Å². The fraction of sp³-hybridized carbons (Fsp3) is 0.636. The predicted molar refractivity (Wildman–Crippen MR) is 63.9 cm³/mol. The minimum Gasteiger partial charge on any atom is -0.383 e. The molecule has 0 aliphatic carbocycles. The molecule has 0 aliphatic rings. The first-order chi connectivity index (χ1) is 7.43. The van der Waals surface area contributed by atoms with E-state index in [1.165, 1.54) is 6.07 Å². The van der Waals surface area contributed by atoms with Crippen LogP contribution in [0.2, 0.25) is 0 Å². The monoisotopic (exact) mass is 225 g/mol. The van der Waals surface area contributed by atoms with Crippen molar-refractivity contribution in [3.8, 4) is 0 Å². The molecule has 0 saturated heterocycles. The van der Waals surface area contributed by atoms with Gasteiger partial charge in [-0.3, -0.25) is 9.78 Å². The van der Waals surface area contributed by atoms with Crippen LogP contribution in [0.3, 0.4) is 0 Å². The lowest BCUT2D eigenvalue weighted by Gasteiger charge is -2.18. The predicted octanol–water partition coefficient (Wildman–Crippen LogP) is 1.13. The van der Waals surface area contributed by atoms with Gasteiger partial charge in [0.15, 0.2) is 0 Å². The maximum Gasteiger partial charge on any atom is 0.252 e. The van der Waals surface area contributed by atoms with E-state index in [4.69, 9.17) is 4.74 Å². The Morgan fingerprint density at radius 1 is 1.50 bits per heavy atom. The van der Waals surface area contributed by atoms with Crippen molar-refractivity contribution in [2.75, 3.05) is 25.6 Å². The molecule has 1 rings (SSSR count). The molecule has 5 heteroatoms. The average Bonchev–Trinajstić information content (AvgIpc) is 2.16. The lowest BCUT2D eigenvalue weighted by atomic mass is 9.92. The van der Waals surface area contributed by atoms with Crippen molar-refractivity contribution in [1.82, 2.24) is 9.97 Å². The van der Waals surface area contributed by atoms with Gasteiger partial charge in [-0.05, 0) is 0 Å². The van der Waals surface area contributed by atoms with Gasteiger partial charge in [0, 0.05) is 25.1 Å². The zero-order valence-corrected chi connectivity index (χ0v) is 10.3. The van der Waals surface area contributed by atoms with E-state index < -0.39 is 0 Å². The molecule has 0 bridgehead atoms. The van der Waals surface area contributed by atoms with Crippen molar-refractivity contribution in [1.29, 1.82) is 0 Å². The number of nitrogens with zero attached hydrogens (tertiary/aromatic N) is 1. The lowest BCUT2D eigenvalue weighted by Crippen LogP contribution is -2.22. The smallest absolute Gasteiger partial charge is 0.252 e. The number of rotatable bonds is 4. The third-order valence-electron chi connectivity index (χ3n) is 2.11. The zero-order chi connectivity index (χ0) is 12.2. The quantitative estimate of drug-likeness (QED) is 0.754. The van der Waals surface area contributed by atoms with Gasteiger partial charge in [0.1, 0.15) is 0 Å². The van der Waals surface area contributed by atoms with E-state index >= 15 is 0 Å². The van der Waals surface area contributed by atoms with Crippen molar-refractivity contribution in [2.24, 2.45) is 0 Å². The Bertz CT molecular complexity index is 393. The summed E-state index contributed by atoms with van der Waals surface area (Å²) < 4.78 is 4.91. The Kier molecular flexibility index (Phi) is 4.06. The third-order valence-corrected chi connectivity index (χ3v) is 2.11. The molecular formula is C11H19N3O2. The number of H-pyrrole nitrogens is 1. The Morgan fingerprint density at radius 3 is 2.75 bits per heavy atom. The van der Waals surface area contributed by atoms with Crippen molar-refractivity contribution < 1.29 is 4.74 Å². The number of anilines is 1. The number of aromatic amines is 1. The minimum absolute atomic E-state index is 0.133. The molecule has 0 atom stereocenters. The van der Waals surface area contributed by atoms with Crippen LogP contribution in [-0.4, -0.2) is 30.2 Å². The number of ether oxygens (including phenoxy) is 1. The Hall–Kier alpha value is -1.36. The molecule has 1 aromatic rings. The Balaban J connectivity index is 2.86. The summed E-state index contributed by atoms with van der Waals surface area (Å²) in [5, 5.41) is 3.01. The van der Waals surface area contributed by atoms with Gasteiger partial charge in [0.05, 0.1) is 12.3 Å². The molecule has 16 heavy (non-hydrogen) atoms. The first kappa shape index (κ1) is 12.7. The number of methoxy groups -OCH3 is 1. The molecule has 1 heterocycles. The highest BCUT2D eigenvalue weighted by molar-refractivity contribution is 5.27. The third kappa shape index (κ3) is 3.66. The van der Waals surface area contributed by atoms with Crippen LogP contribution in [0.5, 0.6) is 0 Å². The summed E-state index contributed by atoms with van der Waals surface area (Å²) in [4.78, 5) is 18.4. The van der Waals surface area contributed by atoms with Gasteiger partial charge < -0.3 is 10.1 Å². The van der Waals surface area contributed by atoms with E-state index in [0.29, 0.717) is 19.1 Å². The van der Waals surface area contributed by atoms with Crippen LogP contribution in [0, 0.1) is 0 Å². The van der Waals surface area contributed by atoms with Crippen molar-refractivity contribution in [3.63, 3.8) is 0 Å². The molecule has 0 unspecified atom stereocenters. The van der Waals surface area contributed by atoms with Gasteiger partial charge in [0.25, 0.3) is 5.56 Å². The summed E-state index contributed by atoms with van der Waals surface area (Å²) >= 11 is 0. The summed E-state index contributed by atoms with van der Waals surface area (Å²) in [6, 6.07) is 1.53. The van der Waals surface area contributed by atoms with Gasteiger partial charge in [-0.15, -0.1) is 0 Å². The van der Waals surface area contributed by atoms with Gasteiger partial charge in [0.2, 0.25) is 5.95 Å². The van der Waals surface area contributed by atoms with E-state index in [2.05, 4.69) is 15.3 Å². The van der Waals surface area contributed by atoms with E-state index in [9.17, 15) is 4.79 Å². The molecule has 0 aromatic carbocycles. The van der Waals surface area contributed by atoms with E-state index in [0.717, 1.165) is 5.69 Å². The van der Waals surface area contributed by atoms with Crippen LogP contribution in [0.15, 0.2) is 10.9 Å². The summed E-state index contributed by atoms with van der Waals surface area (Å²) in [5.74, 6) is 0.495. The van der Waals surface area contributed by atoms with Crippen molar-refractivity contribution >= 4 is 5.95 Å². The second-order valence-electron chi connectivity index (χ2n) is 4.65. The highest BCUT2D eigenvalue weighted by atomic mass is 16.5. The fourth-order valence-corrected chi connectivity index (χ4v) is 1.20. The van der Waals surface area contributed by atoms with Crippen molar-refractivity contribution in [3.05, 3.63) is 22.1 Å². The minimum atomic E-state index is -0.139. The van der Waals surface area contributed by atoms with Crippen LogP contribution < -0.4 is 10.9 Å².